The predicted octanol–water partition coefficient (Wildman–Crippen LogP) is 3.35. The van der Waals surface area contributed by atoms with Gasteiger partial charge in [0.2, 0.25) is 0 Å². The van der Waals surface area contributed by atoms with Crippen LogP contribution in [0.4, 0.5) is 8.78 Å². The van der Waals surface area contributed by atoms with Crippen LogP contribution in [-0.4, -0.2) is 5.11 Å². The Balaban J connectivity index is 2.39. The van der Waals surface area contributed by atoms with Gasteiger partial charge >= 0.3 is 0 Å². The van der Waals surface area contributed by atoms with Gasteiger partial charge in [-0.05, 0) is 30.2 Å². The van der Waals surface area contributed by atoms with Crippen LogP contribution in [0.1, 0.15) is 22.8 Å². The van der Waals surface area contributed by atoms with Gasteiger partial charge < -0.3 is 5.11 Å². The minimum absolute atomic E-state index is 0.216. The zero-order chi connectivity index (χ0) is 12.4. The Labute approximate surface area is 98.3 Å². The maximum atomic E-state index is 13.0. The van der Waals surface area contributed by atoms with Crippen molar-refractivity contribution in [1.29, 1.82) is 0 Å². The molecular weight excluding hydrogens is 222 g/mol. The molecular formula is C14H12F2O. The molecule has 0 aliphatic heterocycles. The minimum atomic E-state index is -1.01. The van der Waals surface area contributed by atoms with E-state index in [-0.39, 0.29) is 5.56 Å². The molecule has 3 heteroatoms. The lowest BCUT2D eigenvalue weighted by molar-refractivity contribution is 0.219. The molecule has 0 aromatic heterocycles. The molecule has 88 valence electrons. The van der Waals surface area contributed by atoms with Crippen molar-refractivity contribution >= 4 is 0 Å². The minimum Gasteiger partial charge on any atom is -0.384 e. The number of hydrogen-bond donors (Lipinski definition) is 1. The molecule has 0 radical (unpaired) electrons. The SMILES string of the molecule is Cc1cccc([C@@H](O)c2cc(F)cc(F)c2)c1. The van der Waals surface area contributed by atoms with E-state index in [1.165, 1.54) is 0 Å². The number of halogens is 2. The van der Waals surface area contributed by atoms with Crippen molar-refractivity contribution in [1.82, 2.24) is 0 Å². The molecule has 0 bridgehead atoms. The van der Waals surface area contributed by atoms with E-state index in [2.05, 4.69) is 0 Å². The van der Waals surface area contributed by atoms with Crippen molar-refractivity contribution in [2.24, 2.45) is 0 Å². The quantitative estimate of drug-likeness (QED) is 0.844. The first-order chi connectivity index (χ1) is 8.06. The summed E-state index contributed by atoms with van der Waals surface area (Å²) in [6, 6.07) is 10.2. The van der Waals surface area contributed by atoms with Crippen LogP contribution in [0, 0.1) is 18.6 Å². The van der Waals surface area contributed by atoms with Crippen LogP contribution in [0.2, 0.25) is 0 Å². The third-order valence-electron chi connectivity index (χ3n) is 2.56. The summed E-state index contributed by atoms with van der Waals surface area (Å²) in [6.07, 6.45) is -1.01. The first kappa shape index (κ1) is 11.7. The number of aliphatic hydroxyl groups is 1. The topological polar surface area (TPSA) is 20.2 Å². The second-order valence-corrected chi connectivity index (χ2v) is 4.02. The van der Waals surface area contributed by atoms with Crippen LogP contribution in [0.3, 0.4) is 0 Å². The highest BCUT2D eigenvalue weighted by Crippen LogP contribution is 2.23. The van der Waals surface area contributed by atoms with Crippen molar-refractivity contribution in [3.8, 4) is 0 Å². The van der Waals surface area contributed by atoms with E-state index in [1.807, 2.05) is 13.0 Å². The lowest BCUT2D eigenvalue weighted by Crippen LogP contribution is -2.01. The van der Waals surface area contributed by atoms with Crippen LogP contribution in [0.25, 0.3) is 0 Å². The molecule has 0 aliphatic rings. The first-order valence-electron chi connectivity index (χ1n) is 5.27. The largest absolute Gasteiger partial charge is 0.384 e. The summed E-state index contributed by atoms with van der Waals surface area (Å²) in [4.78, 5) is 0. The summed E-state index contributed by atoms with van der Waals surface area (Å²) in [5.41, 5.74) is 1.82. The summed E-state index contributed by atoms with van der Waals surface area (Å²) >= 11 is 0. The van der Waals surface area contributed by atoms with E-state index in [4.69, 9.17) is 0 Å². The highest BCUT2D eigenvalue weighted by molar-refractivity contribution is 5.32. The summed E-state index contributed by atoms with van der Waals surface area (Å²) in [5.74, 6) is -1.38. The van der Waals surface area contributed by atoms with E-state index in [0.29, 0.717) is 5.56 Å². The highest BCUT2D eigenvalue weighted by atomic mass is 19.1. The van der Waals surface area contributed by atoms with Gasteiger partial charge in [0.05, 0.1) is 0 Å². The summed E-state index contributed by atoms with van der Waals surface area (Å²) in [6.45, 7) is 1.89. The standard InChI is InChI=1S/C14H12F2O/c1-9-3-2-4-10(5-9)14(17)11-6-12(15)8-13(16)7-11/h2-8,14,17H,1H3/t14-/m1/s1. The molecule has 1 nitrogen and oxygen atoms in total. The van der Waals surface area contributed by atoms with E-state index < -0.39 is 17.7 Å². The third-order valence-corrected chi connectivity index (χ3v) is 2.56. The molecule has 0 heterocycles. The third kappa shape index (κ3) is 2.68. The molecule has 0 saturated carbocycles. The molecule has 1 atom stereocenters. The maximum absolute atomic E-state index is 13.0. The Kier molecular flexibility index (Phi) is 3.20. The monoisotopic (exact) mass is 234 g/mol. The van der Waals surface area contributed by atoms with Crippen LogP contribution in [0.5, 0.6) is 0 Å². The van der Waals surface area contributed by atoms with Crippen LogP contribution >= 0.6 is 0 Å². The van der Waals surface area contributed by atoms with E-state index in [0.717, 1.165) is 23.8 Å². The smallest absolute Gasteiger partial charge is 0.126 e. The van der Waals surface area contributed by atoms with Crippen molar-refractivity contribution in [2.45, 2.75) is 13.0 Å². The van der Waals surface area contributed by atoms with Gasteiger partial charge in [-0.15, -0.1) is 0 Å². The lowest BCUT2D eigenvalue weighted by Gasteiger charge is -2.12. The zero-order valence-corrected chi connectivity index (χ0v) is 9.32. The summed E-state index contributed by atoms with van der Waals surface area (Å²) in [5, 5.41) is 10.0. The first-order valence-corrected chi connectivity index (χ1v) is 5.27. The second-order valence-electron chi connectivity index (χ2n) is 4.02. The van der Waals surface area contributed by atoms with Crippen molar-refractivity contribution in [2.75, 3.05) is 0 Å². The van der Waals surface area contributed by atoms with E-state index in [9.17, 15) is 13.9 Å². The molecule has 0 spiro atoms. The number of hydrogen-bond acceptors (Lipinski definition) is 1. The van der Waals surface area contributed by atoms with Crippen LogP contribution in [-0.2, 0) is 0 Å². The van der Waals surface area contributed by atoms with Gasteiger partial charge in [-0.1, -0.05) is 29.8 Å². The average molecular weight is 234 g/mol. The van der Waals surface area contributed by atoms with Gasteiger partial charge in [0.25, 0.3) is 0 Å². The number of aliphatic hydroxyl groups excluding tert-OH is 1. The van der Waals surface area contributed by atoms with Crippen LogP contribution < -0.4 is 0 Å². The Morgan fingerprint density at radius 3 is 2.18 bits per heavy atom. The molecule has 1 N–H and O–H groups in total. The molecule has 2 aromatic carbocycles. The van der Waals surface area contributed by atoms with Gasteiger partial charge in [-0.3, -0.25) is 0 Å². The second kappa shape index (κ2) is 4.63. The zero-order valence-electron chi connectivity index (χ0n) is 9.32. The van der Waals surface area contributed by atoms with Gasteiger partial charge in [-0.25, -0.2) is 8.78 Å². The molecule has 0 fully saturated rings. The van der Waals surface area contributed by atoms with Gasteiger partial charge in [0, 0.05) is 6.07 Å². The average Bonchev–Trinajstić information content (AvgIpc) is 2.26. The lowest BCUT2D eigenvalue weighted by atomic mass is 10.00. The Bertz CT molecular complexity index is 517. The number of rotatable bonds is 2. The van der Waals surface area contributed by atoms with Crippen molar-refractivity contribution in [3.63, 3.8) is 0 Å². The van der Waals surface area contributed by atoms with Gasteiger partial charge in [0.1, 0.15) is 17.7 Å². The van der Waals surface area contributed by atoms with Gasteiger partial charge in [-0.2, -0.15) is 0 Å². The predicted molar refractivity (Wildman–Crippen MR) is 61.6 cm³/mol. The fourth-order valence-corrected chi connectivity index (χ4v) is 1.77. The number of aryl methyl sites for hydroxylation is 1. The summed E-state index contributed by atoms with van der Waals surface area (Å²) in [7, 11) is 0. The Hall–Kier alpha value is -1.74. The van der Waals surface area contributed by atoms with Crippen molar-refractivity contribution < 1.29 is 13.9 Å². The molecule has 17 heavy (non-hydrogen) atoms. The van der Waals surface area contributed by atoms with Crippen LogP contribution in [0.15, 0.2) is 42.5 Å². The molecule has 2 rings (SSSR count). The fraction of sp³-hybridized carbons (Fsp3) is 0.143. The molecule has 0 amide bonds. The molecule has 0 aliphatic carbocycles. The van der Waals surface area contributed by atoms with E-state index in [1.54, 1.807) is 18.2 Å². The Morgan fingerprint density at radius 2 is 1.59 bits per heavy atom. The molecule has 0 saturated heterocycles. The summed E-state index contributed by atoms with van der Waals surface area (Å²) < 4.78 is 26.1. The molecule has 0 unspecified atom stereocenters. The number of benzene rings is 2. The normalized spacial score (nSPS) is 12.5. The Morgan fingerprint density at radius 1 is 0.941 bits per heavy atom. The maximum Gasteiger partial charge on any atom is 0.126 e. The van der Waals surface area contributed by atoms with Crippen molar-refractivity contribution in [3.05, 3.63) is 70.8 Å². The molecule has 2 aromatic rings. The fourth-order valence-electron chi connectivity index (χ4n) is 1.77. The van der Waals surface area contributed by atoms with Gasteiger partial charge in [0.15, 0.2) is 0 Å². The van der Waals surface area contributed by atoms with E-state index >= 15 is 0 Å². The highest BCUT2D eigenvalue weighted by Gasteiger charge is 2.12.